The maximum atomic E-state index is 11.4. The Morgan fingerprint density at radius 2 is 1.85 bits per heavy atom. The molecule has 0 spiro atoms. The van der Waals surface area contributed by atoms with Crippen LogP contribution in [0.5, 0.6) is 0 Å². The molecule has 2 heterocycles. The number of fused-ring (bicyclic) bond motifs is 1. The largest absolute Gasteiger partial charge is 0.595 e. The summed E-state index contributed by atoms with van der Waals surface area (Å²) in [6, 6.07) is 6.05. The zero-order valence-corrected chi connectivity index (χ0v) is 11.1. The first-order valence-electron chi connectivity index (χ1n) is 5.88. The van der Waals surface area contributed by atoms with Gasteiger partial charge < -0.3 is 10.4 Å². The third-order valence-electron chi connectivity index (χ3n) is 3.09. The lowest BCUT2D eigenvalue weighted by Gasteiger charge is -2.14. The van der Waals surface area contributed by atoms with Crippen LogP contribution in [0, 0.1) is 10.4 Å². The Balaban J connectivity index is 2.06. The van der Waals surface area contributed by atoms with Crippen LogP contribution in [0.3, 0.4) is 0 Å². The normalized spacial score (nSPS) is 17.0. The molecule has 4 N–H and O–H groups in total. The van der Waals surface area contributed by atoms with Gasteiger partial charge in [-0.25, -0.2) is 15.4 Å². The Morgan fingerprint density at radius 3 is 2.45 bits per heavy atom. The minimum Gasteiger partial charge on any atom is -0.595 e. The third-order valence-corrected chi connectivity index (χ3v) is 4.04. The summed E-state index contributed by atoms with van der Waals surface area (Å²) in [4.78, 5) is 4.35. The zero-order chi connectivity index (χ0) is 14.3. The van der Waals surface area contributed by atoms with Crippen LogP contribution in [0.1, 0.15) is 0 Å². The van der Waals surface area contributed by atoms with Crippen LogP contribution in [-0.4, -0.2) is 25.7 Å². The number of hydrogen-bond donors (Lipinski definition) is 4. The van der Waals surface area contributed by atoms with Gasteiger partial charge in [0.15, 0.2) is 16.5 Å². The molecule has 106 valence electrons. The summed E-state index contributed by atoms with van der Waals surface area (Å²) in [5.74, 6) is 0.981. The second-order valence-corrected chi connectivity index (χ2v) is 5.34. The maximum absolute atomic E-state index is 11.4. The molecule has 0 radical (unpaired) electrons. The average Bonchev–Trinajstić information content (AvgIpc) is 2.97. The van der Waals surface area contributed by atoms with Crippen LogP contribution < -0.4 is 10.5 Å². The molecular formula is C11H12N4O4S. The van der Waals surface area contributed by atoms with Gasteiger partial charge in [-0.2, -0.15) is 10.5 Å². The Bertz CT molecular complexity index is 626. The molecule has 1 aliphatic heterocycles. The molecule has 2 atom stereocenters. The highest BCUT2D eigenvalue weighted by Gasteiger charge is 2.27. The van der Waals surface area contributed by atoms with E-state index in [4.69, 9.17) is 5.21 Å². The first-order chi connectivity index (χ1) is 9.58. The van der Waals surface area contributed by atoms with Crippen LogP contribution in [0.4, 0.5) is 11.5 Å². The minimum atomic E-state index is -1.02. The van der Waals surface area contributed by atoms with Crippen LogP contribution >= 0.6 is 11.8 Å². The van der Waals surface area contributed by atoms with Crippen molar-refractivity contribution in [3.63, 3.8) is 0 Å². The van der Waals surface area contributed by atoms with Crippen molar-refractivity contribution in [1.82, 2.24) is 9.55 Å². The minimum absolute atomic E-state index is 0.159. The van der Waals surface area contributed by atoms with E-state index in [1.54, 1.807) is 16.7 Å². The van der Waals surface area contributed by atoms with Gasteiger partial charge in [0, 0.05) is 30.0 Å². The highest BCUT2D eigenvalue weighted by atomic mass is 32.2. The molecule has 1 aliphatic rings. The highest BCUT2D eigenvalue weighted by molar-refractivity contribution is 7.99. The van der Waals surface area contributed by atoms with E-state index in [2.05, 4.69) is 4.98 Å². The number of benzene rings is 1. The quantitative estimate of drug-likeness (QED) is 0.566. The zero-order valence-electron chi connectivity index (χ0n) is 10.2. The van der Waals surface area contributed by atoms with Gasteiger partial charge in [0.05, 0.1) is 0 Å². The molecule has 0 saturated carbocycles. The molecule has 0 amide bonds. The molecule has 2 aromatic rings. The summed E-state index contributed by atoms with van der Waals surface area (Å²) < 4.78 is 1.69. The number of nitrogens with one attached hydrogen (secondary N) is 2. The molecule has 0 fully saturated rings. The lowest BCUT2D eigenvalue weighted by molar-refractivity contribution is -0.993. The van der Waals surface area contributed by atoms with Gasteiger partial charge in [0.2, 0.25) is 0 Å². The predicted octanol–water partition coefficient (Wildman–Crippen LogP) is -0.537. The summed E-state index contributed by atoms with van der Waals surface area (Å²) in [6.45, 7) is 0.627. The molecule has 8 nitrogen and oxygen atoms in total. The number of aromatic nitrogens is 2. The number of thioether (sulfide) groups is 1. The van der Waals surface area contributed by atoms with E-state index < -0.39 is 10.5 Å². The van der Waals surface area contributed by atoms with Gasteiger partial charge in [-0.05, 0) is 12.1 Å². The Kier molecular flexibility index (Phi) is 3.48. The molecule has 0 saturated heterocycles. The molecule has 20 heavy (non-hydrogen) atoms. The second-order valence-electron chi connectivity index (χ2n) is 4.28. The van der Waals surface area contributed by atoms with Gasteiger partial charge >= 0.3 is 0 Å². The van der Waals surface area contributed by atoms with E-state index in [0.717, 1.165) is 5.75 Å². The number of imidazole rings is 1. The first-order valence-corrected chi connectivity index (χ1v) is 6.87. The van der Waals surface area contributed by atoms with E-state index in [-0.39, 0.29) is 11.5 Å². The monoisotopic (exact) mass is 296 g/mol. The standard InChI is InChI=1S/C11H12N4O4S/c16-14(17)8-3-1-7(2-4-8)9-10(15(18)19)13-5-6-20-11(13)12-9/h1-4,14-16,18H,5-6H2. The molecular weight excluding hydrogens is 284 g/mol. The number of hydrogen-bond acceptors (Lipinski definition) is 6. The SMILES string of the molecule is [O-][NH+](O)c1ccc(-c2nc3n(c2[NH+]([O-])O)CCS3)cc1. The molecule has 2 unspecified atom stereocenters. The summed E-state index contributed by atoms with van der Waals surface area (Å²) in [5, 5.41) is 39.1. The van der Waals surface area contributed by atoms with Crippen molar-refractivity contribution < 1.29 is 20.9 Å². The van der Waals surface area contributed by atoms with Crippen molar-refractivity contribution in [2.24, 2.45) is 0 Å². The van der Waals surface area contributed by atoms with E-state index in [9.17, 15) is 15.6 Å². The van der Waals surface area contributed by atoms with E-state index in [1.807, 2.05) is 0 Å². The molecule has 1 aromatic carbocycles. The lowest BCUT2D eigenvalue weighted by Crippen LogP contribution is -2.99. The summed E-state index contributed by atoms with van der Waals surface area (Å²) >= 11 is 1.52. The number of nitrogens with zero attached hydrogens (tertiary/aromatic N) is 2. The van der Waals surface area contributed by atoms with Crippen molar-refractivity contribution >= 4 is 23.3 Å². The van der Waals surface area contributed by atoms with Crippen LogP contribution in [0.15, 0.2) is 29.4 Å². The Hall–Kier alpha value is -1.46. The fraction of sp³-hybridized carbons (Fsp3) is 0.182. The fourth-order valence-corrected chi connectivity index (χ4v) is 3.12. The molecule has 0 aliphatic carbocycles. The second kappa shape index (κ2) is 5.14. The molecule has 1 aromatic heterocycles. The summed E-state index contributed by atoms with van der Waals surface area (Å²) in [5.41, 5.74) is 1.15. The summed E-state index contributed by atoms with van der Waals surface area (Å²) in [6.07, 6.45) is 0. The van der Waals surface area contributed by atoms with Crippen molar-refractivity contribution in [2.45, 2.75) is 11.7 Å². The van der Waals surface area contributed by atoms with Crippen molar-refractivity contribution in [3.8, 4) is 11.3 Å². The molecule has 0 bridgehead atoms. The van der Waals surface area contributed by atoms with Gasteiger partial charge in [0.25, 0.3) is 5.82 Å². The smallest absolute Gasteiger partial charge is 0.268 e. The highest BCUT2D eigenvalue weighted by Crippen LogP contribution is 2.34. The van der Waals surface area contributed by atoms with Crippen LogP contribution in [0.2, 0.25) is 0 Å². The van der Waals surface area contributed by atoms with Crippen molar-refractivity contribution in [3.05, 3.63) is 34.7 Å². The van der Waals surface area contributed by atoms with Crippen molar-refractivity contribution in [1.29, 1.82) is 0 Å². The topological polar surface area (TPSA) is 113 Å². The summed E-state index contributed by atoms with van der Waals surface area (Å²) in [7, 11) is 0. The molecule has 3 rings (SSSR count). The van der Waals surface area contributed by atoms with Crippen LogP contribution in [-0.2, 0) is 6.54 Å². The lowest BCUT2D eigenvalue weighted by atomic mass is 10.1. The van der Waals surface area contributed by atoms with Gasteiger partial charge in [-0.15, -0.1) is 0 Å². The number of quaternary nitrogens is 2. The van der Waals surface area contributed by atoms with E-state index in [0.29, 0.717) is 23.0 Å². The average molecular weight is 296 g/mol. The van der Waals surface area contributed by atoms with Crippen molar-refractivity contribution in [2.75, 3.05) is 5.75 Å². The maximum Gasteiger partial charge on any atom is 0.268 e. The number of rotatable bonds is 3. The van der Waals surface area contributed by atoms with Gasteiger partial charge in [-0.1, -0.05) is 11.8 Å². The fourth-order valence-electron chi connectivity index (χ4n) is 2.17. The van der Waals surface area contributed by atoms with Gasteiger partial charge in [0.1, 0.15) is 0 Å². The van der Waals surface area contributed by atoms with E-state index >= 15 is 0 Å². The molecule has 9 heteroatoms. The third kappa shape index (κ3) is 2.21. The Labute approximate surface area is 117 Å². The van der Waals surface area contributed by atoms with Gasteiger partial charge in [-0.3, -0.25) is 4.57 Å². The van der Waals surface area contributed by atoms with E-state index in [1.165, 1.54) is 23.9 Å². The predicted molar refractivity (Wildman–Crippen MR) is 69.9 cm³/mol. The van der Waals surface area contributed by atoms with Crippen LogP contribution in [0.25, 0.3) is 11.3 Å². The Morgan fingerprint density at radius 1 is 1.15 bits per heavy atom. The first kappa shape index (κ1) is 13.5.